The molecule has 1 unspecified atom stereocenters. The molecule has 1 spiro atoms. The van der Waals surface area contributed by atoms with E-state index in [2.05, 4.69) is 11.1 Å². The van der Waals surface area contributed by atoms with Crippen LogP contribution in [-0.4, -0.2) is 38.5 Å². The molecule has 0 N–H and O–H groups in total. The van der Waals surface area contributed by atoms with Gasteiger partial charge in [-0.05, 0) is 30.6 Å². The van der Waals surface area contributed by atoms with Crippen molar-refractivity contribution in [1.29, 1.82) is 0 Å². The van der Waals surface area contributed by atoms with Crippen LogP contribution in [0, 0.1) is 22.7 Å². The first-order chi connectivity index (χ1) is 11.8. The van der Waals surface area contributed by atoms with E-state index in [1.165, 1.54) is 0 Å². The summed E-state index contributed by atoms with van der Waals surface area (Å²) in [6, 6.07) is 0. The van der Waals surface area contributed by atoms with Crippen LogP contribution in [0.15, 0.2) is 0 Å². The number of rotatable bonds is 3. The zero-order valence-corrected chi connectivity index (χ0v) is 16.0. The maximum Gasteiger partial charge on any atom is 0.523 e. The van der Waals surface area contributed by atoms with Crippen molar-refractivity contribution in [3.63, 3.8) is 0 Å². The van der Waals surface area contributed by atoms with E-state index in [1.807, 2.05) is 13.8 Å². The average Bonchev–Trinajstić information content (AvgIpc) is 2.91. The van der Waals surface area contributed by atoms with Gasteiger partial charge in [-0.25, -0.2) is 0 Å². The Morgan fingerprint density at radius 1 is 1.19 bits per heavy atom. The van der Waals surface area contributed by atoms with Crippen molar-refractivity contribution in [3.05, 3.63) is 0 Å². The Morgan fingerprint density at radius 2 is 1.88 bits per heavy atom. The summed E-state index contributed by atoms with van der Waals surface area (Å²) in [5.74, 6) is -0.259. The van der Waals surface area contributed by atoms with Gasteiger partial charge in [0, 0.05) is 17.8 Å². The number of fused-ring (bicyclic) bond motifs is 1. The molecule has 0 aromatic heterocycles. The predicted molar refractivity (Wildman–Crippen MR) is 85.4 cm³/mol. The normalized spacial score (nSPS) is 47.0. The quantitative estimate of drug-likeness (QED) is 0.537. The lowest BCUT2D eigenvalue weighted by Crippen LogP contribution is -2.59. The van der Waals surface area contributed by atoms with E-state index in [0.29, 0.717) is 25.4 Å². The minimum Gasteiger partial charge on any atom is -0.349 e. The third-order valence-electron chi connectivity index (χ3n) is 7.27. The third-order valence-corrected chi connectivity index (χ3v) is 8.27. The van der Waals surface area contributed by atoms with E-state index in [1.54, 1.807) is 0 Å². The molecule has 5 atom stereocenters. The van der Waals surface area contributed by atoms with Crippen molar-refractivity contribution < 1.29 is 35.2 Å². The van der Waals surface area contributed by atoms with Gasteiger partial charge in [-0.3, -0.25) is 4.18 Å². The summed E-state index contributed by atoms with van der Waals surface area (Å²) >= 11 is 0. The summed E-state index contributed by atoms with van der Waals surface area (Å²) in [5, 5.41) is 0. The SMILES string of the molecule is CC1(C)C[C@@]23OC[C@H]4CCC[C@@](C)(CC1(COS(=O)(=O)C(F)(F)F)O2)[C@H]43. The summed E-state index contributed by atoms with van der Waals surface area (Å²) < 4.78 is 78.1. The fourth-order valence-corrected chi connectivity index (χ4v) is 6.72. The van der Waals surface area contributed by atoms with E-state index < -0.39 is 39.0 Å². The summed E-state index contributed by atoms with van der Waals surface area (Å²) in [5.41, 5.74) is -7.28. The average molecular weight is 398 g/mol. The molecule has 1 aliphatic carbocycles. The van der Waals surface area contributed by atoms with Crippen LogP contribution >= 0.6 is 0 Å². The molecule has 4 fully saturated rings. The molecule has 5 nitrogen and oxygen atoms in total. The monoisotopic (exact) mass is 398 g/mol. The molecule has 0 aromatic rings. The summed E-state index contributed by atoms with van der Waals surface area (Å²) in [7, 11) is -5.66. The maximum absolute atomic E-state index is 12.7. The van der Waals surface area contributed by atoms with Crippen LogP contribution in [0.2, 0.25) is 0 Å². The number of ether oxygens (including phenoxy) is 2. The molecule has 3 saturated heterocycles. The lowest BCUT2D eigenvalue weighted by Gasteiger charge is -2.56. The number of hydrogen-bond acceptors (Lipinski definition) is 5. The highest BCUT2D eigenvalue weighted by molar-refractivity contribution is 7.87. The Morgan fingerprint density at radius 3 is 2.54 bits per heavy atom. The van der Waals surface area contributed by atoms with E-state index in [9.17, 15) is 21.6 Å². The Hall–Kier alpha value is -0.380. The lowest BCUT2D eigenvalue weighted by atomic mass is 9.57. The van der Waals surface area contributed by atoms with E-state index in [0.717, 1.165) is 19.3 Å². The van der Waals surface area contributed by atoms with Crippen molar-refractivity contribution in [3.8, 4) is 0 Å². The smallest absolute Gasteiger partial charge is 0.349 e. The largest absolute Gasteiger partial charge is 0.523 e. The van der Waals surface area contributed by atoms with Gasteiger partial charge in [0.15, 0.2) is 5.79 Å². The molecule has 1 saturated carbocycles. The number of halogens is 3. The van der Waals surface area contributed by atoms with Gasteiger partial charge in [0.1, 0.15) is 5.60 Å². The van der Waals surface area contributed by atoms with E-state index >= 15 is 0 Å². The molecule has 26 heavy (non-hydrogen) atoms. The molecule has 9 heteroatoms. The predicted octanol–water partition coefficient (Wildman–Crippen LogP) is 3.59. The van der Waals surface area contributed by atoms with Crippen LogP contribution < -0.4 is 0 Å². The van der Waals surface area contributed by atoms with Gasteiger partial charge in [0.05, 0.1) is 13.2 Å². The zero-order valence-electron chi connectivity index (χ0n) is 15.2. The molecule has 4 rings (SSSR count). The first-order valence-electron chi connectivity index (χ1n) is 9.06. The Labute approximate surface area is 151 Å². The second-order valence-corrected chi connectivity index (χ2v) is 11.0. The number of alkyl halides is 3. The van der Waals surface area contributed by atoms with Crippen molar-refractivity contribution >= 4 is 10.1 Å². The highest BCUT2D eigenvalue weighted by atomic mass is 32.2. The Kier molecular flexibility index (Phi) is 3.76. The summed E-state index contributed by atoms with van der Waals surface area (Å²) in [4.78, 5) is 0. The van der Waals surface area contributed by atoms with Crippen LogP contribution in [0.3, 0.4) is 0 Å². The van der Waals surface area contributed by atoms with Crippen molar-refractivity contribution in [2.45, 2.75) is 69.8 Å². The van der Waals surface area contributed by atoms with Crippen molar-refractivity contribution in [2.75, 3.05) is 13.2 Å². The van der Waals surface area contributed by atoms with Crippen LogP contribution in [0.5, 0.6) is 0 Å². The molecular weight excluding hydrogens is 373 g/mol. The van der Waals surface area contributed by atoms with Gasteiger partial charge in [-0.15, -0.1) is 0 Å². The molecule has 3 aliphatic heterocycles. The number of hydrogen-bond donors (Lipinski definition) is 0. The topological polar surface area (TPSA) is 61.8 Å². The van der Waals surface area contributed by atoms with Gasteiger partial charge < -0.3 is 9.47 Å². The minimum absolute atomic E-state index is 0.156. The third kappa shape index (κ3) is 2.36. The summed E-state index contributed by atoms with van der Waals surface area (Å²) in [6.45, 7) is 5.91. The molecule has 4 aliphatic rings. The molecule has 0 radical (unpaired) electrons. The van der Waals surface area contributed by atoms with Gasteiger partial charge in [0.25, 0.3) is 0 Å². The van der Waals surface area contributed by atoms with Crippen molar-refractivity contribution in [2.24, 2.45) is 22.7 Å². The fraction of sp³-hybridized carbons (Fsp3) is 1.00. The molecule has 0 aromatic carbocycles. The molecule has 0 amide bonds. The molecule has 150 valence electrons. The van der Waals surface area contributed by atoms with Crippen LogP contribution in [0.4, 0.5) is 13.2 Å². The summed E-state index contributed by atoms with van der Waals surface area (Å²) in [6.07, 6.45) is 4.05. The van der Waals surface area contributed by atoms with E-state index in [-0.39, 0.29) is 11.3 Å². The Balaban J connectivity index is 1.70. The highest BCUT2D eigenvalue weighted by Gasteiger charge is 2.75. The van der Waals surface area contributed by atoms with Gasteiger partial charge >= 0.3 is 15.6 Å². The standard InChI is InChI=1S/C17H25F3O5S/c1-13(2)8-16-12-11(7-23-16)5-4-6-14(12,3)9-15(13,25-16)10-24-26(21,22)17(18,19)20/h11-12H,4-10H2,1-3H3/t11-,12+,14+,15?,16-/m1/s1. The highest BCUT2D eigenvalue weighted by Crippen LogP contribution is 2.71. The first kappa shape index (κ1) is 19.0. The van der Waals surface area contributed by atoms with Crippen LogP contribution in [-0.2, 0) is 23.8 Å². The Bertz CT molecular complexity index is 720. The van der Waals surface area contributed by atoms with E-state index in [4.69, 9.17) is 9.47 Å². The fourth-order valence-electron chi connectivity index (χ4n) is 6.24. The van der Waals surface area contributed by atoms with Gasteiger partial charge in [0.2, 0.25) is 0 Å². The second kappa shape index (κ2) is 5.15. The molecular formula is C17H25F3O5S. The van der Waals surface area contributed by atoms with Crippen LogP contribution in [0.1, 0.15) is 52.9 Å². The molecule has 3 heterocycles. The van der Waals surface area contributed by atoms with Crippen molar-refractivity contribution in [1.82, 2.24) is 0 Å². The minimum atomic E-state index is -5.66. The zero-order chi connectivity index (χ0) is 19.2. The lowest BCUT2D eigenvalue weighted by molar-refractivity contribution is -0.311. The van der Waals surface area contributed by atoms with Gasteiger partial charge in [-0.2, -0.15) is 21.6 Å². The first-order valence-corrected chi connectivity index (χ1v) is 10.5. The molecule has 2 bridgehead atoms. The maximum atomic E-state index is 12.7. The second-order valence-electron chi connectivity index (χ2n) is 9.40. The van der Waals surface area contributed by atoms with Gasteiger partial charge in [-0.1, -0.05) is 27.2 Å². The van der Waals surface area contributed by atoms with Crippen LogP contribution in [0.25, 0.3) is 0 Å².